The Hall–Kier alpha value is -7.93. The Morgan fingerprint density at radius 3 is 0.986 bits per heavy atom. The average molecular weight is 977 g/mol. The Morgan fingerprint density at radius 1 is 0.417 bits per heavy atom. The van der Waals surface area contributed by atoms with Crippen LogP contribution in [-0.2, 0) is 46.2 Å². The van der Waals surface area contributed by atoms with E-state index in [-0.39, 0.29) is 44.7 Å². The van der Waals surface area contributed by atoms with Crippen LogP contribution in [0.4, 0.5) is 9.59 Å². The molecule has 0 aliphatic carbocycles. The number of nitrogens with one attached hydrogen (secondary N) is 2. The molecule has 6 aromatic carbocycles. The van der Waals surface area contributed by atoms with E-state index in [9.17, 15) is 24.0 Å². The molecule has 0 aromatic heterocycles. The van der Waals surface area contributed by atoms with E-state index < -0.39 is 59.6 Å². The fourth-order valence-electron chi connectivity index (χ4n) is 7.48. The van der Waals surface area contributed by atoms with E-state index in [1.165, 1.54) is 0 Å². The number of alkyl carbamates (subject to hydrolysis) is 2. The molecule has 0 aliphatic heterocycles. The van der Waals surface area contributed by atoms with Gasteiger partial charge in [-0.05, 0) is 99.2 Å². The summed E-state index contributed by atoms with van der Waals surface area (Å²) in [7, 11) is 0. The van der Waals surface area contributed by atoms with Crippen LogP contribution in [0.3, 0.4) is 0 Å². The topological polar surface area (TPSA) is 165 Å². The third-order valence-electron chi connectivity index (χ3n) is 10.8. The Morgan fingerprint density at radius 2 is 0.708 bits per heavy atom. The molecule has 13 nitrogen and oxygen atoms in total. The summed E-state index contributed by atoms with van der Waals surface area (Å²) in [6.45, 7) is 10.6. The molecule has 0 fully saturated rings. The molecule has 0 saturated heterocycles. The van der Waals surface area contributed by atoms with Crippen molar-refractivity contribution in [1.82, 2.24) is 10.6 Å². The first kappa shape index (κ1) is 53.4. The molecule has 2 atom stereocenters. The van der Waals surface area contributed by atoms with Gasteiger partial charge < -0.3 is 39.1 Å². The van der Waals surface area contributed by atoms with Crippen molar-refractivity contribution in [3.05, 3.63) is 203 Å². The third-order valence-corrected chi connectivity index (χ3v) is 10.8. The number of hydrogen-bond donors (Lipinski definition) is 2. The van der Waals surface area contributed by atoms with Crippen LogP contribution in [0.2, 0.25) is 0 Å². The van der Waals surface area contributed by atoms with Gasteiger partial charge in [-0.15, -0.1) is 0 Å². The van der Waals surface area contributed by atoms with Crippen molar-refractivity contribution >= 4 is 29.9 Å². The van der Waals surface area contributed by atoms with Crippen LogP contribution in [0.25, 0.3) is 0 Å². The molecular formula is C59H64N2O11. The maximum absolute atomic E-state index is 13.8. The van der Waals surface area contributed by atoms with Crippen LogP contribution < -0.4 is 20.1 Å². The minimum Gasteiger partial charge on any atom is -0.494 e. The lowest BCUT2D eigenvalue weighted by atomic mass is 10.0. The molecular weight excluding hydrogens is 913 g/mol. The Kier molecular flexibility index (Phi) is 19.1. The van der Waals surface area contributed by atoms with Crippen LogP contribution in [0.1, 0.15) is 100.0 Å². The molecule has 0 heterocycles. The number of amides is 2. The van der Waals surface area contributed by atoms with Crippen molar-refractivity contribution in [1.29, 1.82) is 0 Å². The lowest BCUT2D eigenvalue weighted by molar-refractivity contribution is -0.151. The van der Waals surface area contributed by atoms with Gasteiger partial charge in [0.2, 0.25) is 0 Å². The van der Waals surface area contributed by atoms with E-state index in [0.717, 1.165) is 33.4 Å². The number of Topliss-reactive ketones (excluding diaryl/α,β-unsaturated/α-hetero) is 1. The van der Waals surface area contributed by atoms with E-state index in [2.05, 4.69) is 10.6 Å². The largest absolute Gasteiger partial charge is 0.494 e. The fourth-order valence-corrected chi connectivity index (χ4v) is 7.48. The molecule has 0 saturated carbocycles. The fraction of sp³-hybridized carbons (Fsp3) is 0.305. The SMILES string of the molecule is CC(C)(C)OC(=O)N[C@H](CCOc1ccc(CC(=O)Cc2ccc(OCC[C@@H](NC(=O)OC(C)(C)C)C(=O)OC(c3ccccc3)c3ccccc3)cc2)cc1)C(=O)OC(c1ccccc1)c1ccccc1. The molecule has 0 radical (unpaired) electrons. The van der Waals surface area contributed by atoms with Crippen LogP contribution in [-0.4, -0.2) is 66.4 Å². The molecule has 0 aliphatic rings. The lowest BCUT2D eigenvalue weighted by Crippen LogP contribution is -2.45. The smallest absolute Gasteiger partial charge is 0.408 e. The number of esters is 2. The van der Waals surface area contributed by atoms with E-state index in [1.807, 2.05) is 146 Å². The third kappa shape index (κ3) is 17.8. The predicted molar refractivity (Wildman–Crippen MR) is 273 cm³/mol. The normalized spacial score (nSPS) is 12.2. The molecule has 13 heteroatoms. The Labute approximate surface area is 422 Å². The number of ketones is 1. The number of ether oxygens (including phenoxy) is 6. The summed E-state index contributed by atoms with van der Waals surface area (Å²) in [6.07, 6.45) is -2.38. The minimum absolute atomic E-state index is 0.00454. The molecule has 6 rings (SSSR count). The van der Waals surface area contributed by atoms with Gasteiger partial charge in [-0.2, -0.15) is 0 Å². The van der Waals surface area contributed by atoms with Gasteiger partial charge in [-0.25, -0.2) is 19.2 Å². The van der Waals surface area contributed by atoms with E-state index >= 15 is 0 Å². The number of hydrogen-bond acceptors (Lipinski definition) is 11. The van der Waals surface area contributed by atoms with E-state index in [4.69, 9.17) is 28.4 Å². The summed E-state index contributed by atoms with van der Waals surface area (Å²) in [4.78, 5) is 66.5. The van der Waals surface area contributed by atoms with Crippen molar-refractivity contribution in [2.45, 2.75) is 103 Å². The highest BCUT2D eigenvalue weighted by Gasteiger charge is 2.31. The molecule has 0 bridgehead atoms. The number of carbonyl (C=O) groups excluding carboxylic acids is 5. The maximum Gasteiger partial charge on any atom is 0.408 e. The lowest BCUT2D eigenvalue weighted by Gasteiger charge is -2.25. The summed E-state index contributed by atoms with van der Waals surface area (Å²) in [5.41, 5.74) is 3.12. The van der Waals surface area contributed by atoms with Gasteiger partial charge in [0.1, 0.15) is 40.6 Å². The standard InChI is InChI=1S/C59H64N2O11/c1-58(2,3)71-56(65)60-50(54(63)69-52(43-19-11-7-12-20-43)44-21-13-8-14-22-44)35-37-67-48-31-27-41(28-32-48)39-47(62)40-42-29-33-49(34-30-42)68-38-36-51(61-57(66)72-59(4,5)6)55(64)70-53(45-23-15-9-16-24-45)46-25-17-10-18-26-46/h7-34,50-53H,35-40H2,1-6H3,(H,60,65)(H,61,66)/t50-,51-/m1/s1. The van der Waals surface area contributed by atoms with Crippen LogP contribution in [0.5, 0.6) is 11.5 Å². The Balaban J connectivity index is 0.998. The van der Waals surface area contributed by atoms with Crippen molar-refractivity contribution in [3.8, 4) is 11.5 Å². The summed E-state index contributed by atoms with van der Waals surface area (Å²) < 4.78 is 35.1. The van der Waals surface area contributed by atoms with Gasteiger partial charge in [0.05, 0.1) is 13.2 Å². The summed E-state index contributed by atoms with van der Waals surface area (Å²) in [5, 5.41) is 5.34. The van der Waals surface area contributed by atoms with Crippen molar-refractivity contribution in [2.24, 2.45) is 0 Å². The molecule has 2 N–H and O–H groups in total. The first-order valence-electron chi connectivity index (χ1n) is 24.0. The van der Waals surface area contributed by atoms with Gasteiger partial charge in [0, 0.05) is 25.7 Å². The van der Waals surface area contributed by atoms with Gasteiger partial charge in [-0.1, -0.05) is 146 Å². The monoisotopic (exact) mass is 976 g/mol. The zero-order valence-corrected chi connectivity index (χ0v) is 41.7. The second-order valence-corrected chi connectivity index (χ2v) is 19.1. The molecule has 2 amide bonds. The highest BCUT2D eigenvalue weighted by atomic mass is 16.6. The zero-order chi connectivity index (χ0) is 51.5. The quantitative estimate of drug-likeness (QED) is 0.0491. The maximum atomic E-state index is 13.8. The highest BCUT2D eigenvalue weighted by molar-refractivity contribution is 5.84. The first-order chi connectivity index (χ1) is 34.5. The Bertz CT molecular complexity index is 2390. The highest BCUT2D eigenvalue weighted by Crippen LogP contribution is 2.29. The molecule has 0 unspecified atom stereocenters. The van der Waals surface area contributed by atoms with E-state index in [0.29, 0.717) is 11.5 Å². The van der Waals surface area contributed by atoms with E-state index in [1.54, 1.807) is 65.8 Å². The molecule has 376 valence electrons. The molecule has 0 spiro atoms. The number of benzene rings is 6. The minimum atomic E-state index is -1.08. The van der Waals surface area contributed by atoms with Crippen molar-refractivity contribution in [3.63, 3.8) is 0 Å². The second kappa shape index (κ2) is 25.8. The van der Waals surface area contributed by atoms with Gasteiger partial charge in [0.25, 0.3) is 0 Å². The summed E-state index contributed by atoms with van der Waals surface area (Å²) in [6, 6.07) is 49.6. The van der Waals surface area contributed by atoms with Crippen LogP contribution >= 0.6 is 0 Å². The molecule has 6 aromatic rings. The van der Waals surface area contributed by atoms with Crippen molar-refractivity contribution < 1.29 is 52.4 Å². The van der Waals surface area contributed by atoms with Crippen LogP contribution in [0, 0.1) is 0 Å². The van der Waals surface area contributed by atoms with Crippen LogP contribution in [0.15, 0.2) is 170 Å². The van der Waals surface area contributed by atoms with Gasteiger partial charge in [0.15, 0.2) is 12.2 Å². The van der Waals surface area contributed by atoms with Crippen molar-refractivity contribution in [2.75, 3.05) is 13.2 Å². The summed E-state index contributed by atoms with van der Waals surface area (Å²) in [5.74, 6) is -0.259. The first-order valence-corrected chi connectivity index (χ1v) is 24.0. The number of carbonyl (C=O) groups is 5. The van der Waals surface area contributed by atoms with Gasteiger partial charge in [-0.3, -0.25) is 4.79 Å². The zero-order valence-electron chi connectivity index (χ0n) is 41.7. The van der Waals surface area contributed by atoms with Gasteiger partial charge >= 0.3 is 24.1 Å². The average Bonchev–Trinajstić information content (AvgIpc) is 3.35. The summed E-state index contributed by atoms with van der Waals surface area (Å²) >= 11 is 0. The predicted octanol–water partition coefficient (Wildman–Crippen LogP) is 11.0. The molecule has 72 heavy (non-hydrogen) atoms. The number of rotatable bonds is 22. The second-order valence-electron chi connectivity index (χ2n) is 19.1.